The van der Waals surface area contributed by atoms with Gasteiger partial charge in [0.15, 0.2) is 5.78 Å². The van der Waals surface area contributed by atoms with Crippen LogP contribution in [0.2, 0.25) is 0 Å². The Bertz CT molecular complexity index is 616. The molecule has 1 heterocycles. The molecule has 0 aliphatic carbocycles. The van der Waals surface area contributed by atoms with Gasteiger partial charge in [-0.25, -0.2) is 0 Å². The Kier molecular flexibility index (Phi) is 3.98. The zero-order chi connectivity index (χ0) is 14.6. The number of halogens is 3. The van der Waals surface area contributed by atoms with Crippen LogP contribution in [0.1, 0.15) is 21.5 Å². The average molecular weight is 277 g/mol. The Balaban J connectivity index is 2.12. The van der Waals surface area contributed by atoms with Crippen molar-refractivity contribution in [3.63, 3.8) is 0 Å². The Morgan fingerprint density at radius 3 is 2.15 bits per heavy atom. The van der Waals surface area contributed by atoms with Crippen molar-refractivity contribution in [2.24, 2.45) is 0 Å². The lowest BCUT2D eigenvalue weighted by molar-refractivity contribution is -0.137. The molecule has 0 N–H and O–H groups in total. The molecule has 0 saturated heterocycles. The first-order valence-corrected chi connectivity index (χ1v) is 5.76. The minimum absolute atomic E-state index is 0.211. The highest BCUT2D eigenvalue weighted by Crippen LogP contribution is 2.29. The number of benzene rings is 1. The molecule has 2 rings (SSSR count). The zero-order valence-corrected chi connectivity index (χ0v) is 10.3. The second-order valence-electron chi connectivity index (χ2n) is 4.05. The van der Waals surface area contributed by atoms with Gasteiger partial charge in [0.2, 0.25) is 0 Å². The van der Waals surface area contributed by atoms with Gasteiger partial charge in [-0.15, -0.1) is 0 Å². The summed E-state index contributed by atoms with van der Waals surface area (Å²) in [6.07, 6.45) is 1.68. The largest absolute Gasteiger partial charge is 0.416 e. The van der Waals surface area contributed by atoms with Crippen molar-refractivity contribution in [1.29, 1.82) is 0 Å². The van der Waals surface area contributed by atoms with Gasteiger partial charge in [0.05, 0.1) is 5.56 Å². The number of allylic oxidation sites excluding steroid dienone is 1. The van der Waals surface area contributed by atoms with Gasteiger partial charge in [-0.2, -0.15) is 13.2 Å². The Morgan fingerprint density at radius 2 is 1.60 bits per heavy atom. The molecule has 0 spiro atoms. The smallest absolute Gasteiger partial charge is 0.289 e. The van der Waals surface area contributed by atoms with Gasteiger partial charge >= 0.3 is 6.18 Å². The minimum atomic E-state index is -4.39. The number of hydrogen-bond acceptors (Lipinski definition) is 2. The van der Waals surface area contributed by atoms with E-state index in [0.717, 1.165) is 17.7 Å². The highest BCUT2D eigenvalue weighted by Gasteiger charge is 2.30. The van der Waals surface area contributed by atoms with Crippen molar-refractivity contribution in [1.82, 2.24) is 4.98 Å². The summed E-state index contributed by atoms with van der Waals surface area (Å²) >= 11 is 0. The van der Waals surface area contributed by atoms with Crippen molar-refractivity contribution in [3.05, 3.63) is 71.6 Å². The highest BCUT2D eigenvalue weighted by molar-refractivity contribution is 6.06. The second kappa shape index (κ2) is 5.69. The van der Waals surface area contributed by atoms with E-state index in [2.05, 4.69) is 4.98 Å². The van der Waals surface area contributed by atoms with Crippen molar-refractivity contribution < 1.29 is 18.0 Å². The third-order valence-electron chi connectivity index (χ3n) is 2.63. The summed E-state index contributed by atoms with van der Waals surface area (Å²) in [6, 6.07) is 7.57. The maximum absolute atomic E-state index is 12.4. The van der Waals surface area contributed by atoms with Crippen LogP contribution in [0, 0.1) is 0 Å². The fraction of sp³-hybridized carbons (Fsp3) is 0.0667. The van der Waals surface area contributed by atoms with Gasteiger partial charge in [-0.3, -0.25) is 9.78 Å². The lowest BCUT2D eigenvalue weighted by Gasteiger charge is -2.06. The number of pyridine rings is 1. The maximum atomic E-state index is 12.4. The number of ketones is 1. The van der Waals surface area contributed by atoms with E-state index in [1.54, 1.807) is 30.6 Å². The van der Waals surface area contributed by atoms with E-state index >= 15 is 0 Å². The number of hydrogen-bond donors (Lipinski definition) is 0. The average Bonchev–Trinajstić information content (AvgIpc) is 2.45. The maximum Gasteiger partial charge on any atom is 0.416 e. The van der Waals surface area contributed by atoms with Gasteiger partial charge in [-0.1, -0.05) is 18.2 Å². The van der Waals surface area contributed by atoms with Crippen molar-refractivity contribution >= 4 is 11.9 Å². The Hall–Kier alpha value is -2.43. The van der Waals surface area contributed by atoms with E-state index in [9.17, 15) is 18.0 Å². The molecule has 0 atom stereocenters. The normalized spacial score (nSPS) is 11.8. The van der Waals surface area contributed by atoms with Crippen molar-refractivity contribution in [3.8, 4) is 0 Å². The first kappa shape index (κ1) is 14.0. The minimum Gasteiger partial charge on any atom is -0.289 e. The summed E-state index contributed by atoms with van der Waals surface area (Å²) in [4.78, 5) is 15.6. The summed E-state index contributed by atoms with van der Waals surface area (Å²) in [5.41, 5.74) is 0.232. The van der Waals surface area contributed by atoms with Crippen molar-refractivity contribution in [2.75, 3.05) is 0 Å². The summed E-state index contributed by atoms with van der Waals surface area (Å²) in [6.45, 7) is 0. The molecular formula is C15H10F3NO. The standard InChI is InChI=1S/C15H10F3NO/c16-15(17,18)13-4-2-12(3-5-13)14(20)6-1-11-7-9-19-10-8-11/h1-10H/b6-1+. The molecule has 1 aromatic heterocycles. The van der Waals surface area contributed by atoms with E-state index < -0.39 is 11.7 Å². The SMILES string of the molecule is O=C(/C=C/c1ccncc1)c1ccc(C(F)(F)F)cc1. The number of rotatable bonds is 3. The molecule has 0 radical (unpaired) electrons. The van der Waals surface area contributed by atoms with Gasteiger partial charge in [0.25, 0.3) is 0 Å². The fourth-order valence-corrected chi connectivity index (χ4v) is 1.57. The Morgan fingerprint density at radius 1 is 1.00 bits per heavy atom. The van der Waals surface area contributed by atoms with Crippen LogP contribution < -0.4 is 0 Å². The van der Waals surface area contributed by atoms with Crippen LogP contribution in [-0.4, -0.2) is 10.8 Å². The zero-order valence-electron chi connectivity index (χ0n) is 10.3. The topological polar surface area (TPSA) is 30.0 Å². The molecule has 0 bridgehead atoms. The third-order valence-corrected chi connectivity index (χ3v) is 2.63. The number of aromatic nitrogens is 1. The van der Waals surface area contributed by atoms with E-state index in [1.807, 2.05) is 0 Å². The van der Waals surface area contributed by atoms with E-state index in [4.69, 9.17) is 0 Å². The molecule has 0 amide bonds. The predicted octanol–water partition coefficient (Wildman–Crippen LogP) is 4.00. The van der Waals surface area contributed by atoms with E-state index in [1.165, 1.54) is 18.2 Å². The van der Waals surface area contributed by atoms with E-state index in [-0.39, 0.29) is 11.3 Å². The molecule has 0 aliphatic heterocycles. The number of carbonyl (C=O) groups is 1. The first-order chi connectivity index (χ1) is 9.47. The van der Waals surface area contributed by atoms with Gasteiger partial charge < -0.3 is 0 Å². The van der Waals surface area contributed by atoms with Crippen molar-refractivity contribution in [2.45, 2.75) is 6.18 Å². The Labute approximate surface area is 113 Å². The molecule has 0 fully saturated rings. The first-order valence-electron chi connectivity index (χ1n) is 5.76. The molecule has 20 heavy (non-hydrogen) atoms. The summed E-state index contributed by atoms with van der Waals surface area (Å²) < 4.78 is 37.2. The van der Waals surface area contributed by atoms with E-state index in [0.29, 0.717) is 0 Å². The molecule has 102 valence electrons. The van der Waals surface area contributed by atoms with Crippen LogP contribution >= 0.6 is 0 Å². The number of alkyl halides is 3. The van der Waals surface area contributed by atoms with Crippen LogP contribution in [0.5, 0.6) is 0 Å². The van der Waals surface area contributed by atoms with Crippen LogP contribution in [0.25, 0.3) is 6.08 Å². The van der Waals surface area contributed by atoms with Crippen LogP contribution in [-0.2, 0) is 6.18 Å². The van der Waals surface area contributed by atoms with Crippen LogP contribution in [0.3, 0.4) is 0 Å². The quantitative estimate of drug-likeness (QED) is 0.627. The predicted molar refractivity (Wildman–Crippen MR) is 69.0 cm³/mol. The van der Waals surface area contributed by atoms with Gasteiger partial charge in [-0.05, 0) is 35.9 Å². The monoisotopic (exact) mass is 277 g/mol. The summed E-state index contributed by atoms with van der Waals surface area (Å²) in [5, 5.41) is 0. The van der Waals surface area contributed by atoms with Gasteiger partial charge in [0.1, 0.15) is 0 Å². The molecule has 0 aliphatic rings. The molecule has 1 aromatic carbocycles. The molecule has 5 heteroatoms. The molecule has 2 aromatic rings. The summed E-state index contributed by atoms with van der Waals surface area (Å²) in [7, 11) is 0. The molecule has 0 saturated carbocycles. The number of nitrogens with zero attached hydrogens (tertiary/aromatic N) is 1. The lowest BCUT2D eigenvalue weighted by atomic mass is 10.1. The highest BCUT2D eigenvalue weighted by atomic mass is 19.4. The molecular weight excluding hydrogens is 267 g/mol. The summed E-state index contributed by atoms with van der Waals surface area (Å²) in [5.74, 6) is -0.351. The lowest BCUT2D eigenvalue weighted by Crippen LogP contribution is -2.05. The number of carbonyl (C=O) groups excluding carboxylic acids is 1. The molecule has 0 unspecified atom stereocenters. The second-order valence-corrected chi connectivity index (χ2v) is 4.05. The third kappa shape index (κ3) is 3.54. The van der Waals surface area contributed by atoms with Crippen LogP contribution in [0.15, 0.2) is 54.9 Å². The van der Waals surface area contributed by atoms with Gasteiger partial charge in [0, 0.05) is 18.0 Å². The van der Waals surface area contributed by atoms with Crippen LogP contribution in [0.4, 0.5) is 13.2 Å². The fourth-order valence-electron chi connectivity index (χ4n) is 1.57. The molecule has 2 nitrogen and oxygen atoms in total.